The molecule has 1 amide bonds. The Morgan fingerprint density at radius 1 is 1.29 bits per heavy atom. The van der Waals surface area contributed by atoms with Crippen LogP contribution in [0, 0.1) is 0 Å². The van der Waals surface area contributed by atoms with Crippen molar-refractivity contribution in [3.8, 4) is 0 Å². The second-order valence-electron chi connectivity index (χ2n) is 4.81. The summed E-state index contributed by atoms with van der Waals surface area (Å²) in [7, 11) is 0. The molecule has 2 heterocycles. The van der Waals surface area contributed by atoms with Crippen molar-refractivity contribution in [1.29, 1.82) is 0 Å². The minimum Gasteiger partial charge on any atom is -0.382 e. The van der Waals surface area contributed by atoms with E-state index in [1.807, 2.05) is 6.92 Å². The fourth-order valence-corrected chi connectivity index (χ4v) is 2.01. The number of alkyl halides is 4. The summed E-state index contributed by atoms with van der Waals surface area (Å²) in [4.78, 5) is 15.5. The molecule has 0 radical (unpaired) electrons. The minimum absolute atomic E-state index is 0.174. The lowest BCUT2D eigenvalue weighted by Crippen LogP contribution is -2.25. The van der Waals surface area contributed by atoms with Crippen molar-refractivity contribution in [2.24, 2.45) is 0 Å². The number of carbonyl (C=O) groups excluding carboxylic acids is 1. The van der Waals surface area contributed by atoms with Gasteiger partial charge < -0.3 is 10.1 Å². The number of amides is 1. The van der Waals surface area contributed by atoms with Gasteiger partial charge in [-0.3, -0.25) is 4.79 Å². The zero-order valence-corrected chi connectivity index (χ0v) is 12.8. The van der Waals surface area contributed by atoms with E-state index in [0.29, 0.717) is 36.8 Å². The molecule has 2 aromatic rings. The Labute approximate surface area is 134 Å². The van der Waals surface area contributed by atoms with Gasteiger partial charge in [0, 0.05) is 25.8 Å². The molecule has 6 nitrogen and oxygen atoms in total. The van der Waals surface area contributed by atoms with Gasteiger partial charge in [-0.1, -0.05) is 0 Å². The van der Waals surface area contributed by atoms with Crippen molar-refractivity contribution >= 4 is 11.6 Å². The third-order valence-corrected chi connectivity index (χ3v) is 3.11. The summed E-state index contributed by atoms with van der Waals surface area (Å²) < 4.78 is 57.3. The molecule has 0 fully saturated rings. The molecular formula is C14H16F4N4O2. The fourth-order valence-electron chi connectivity index (χ4n) is 2.01. The van der Waals surface area contributed by atoms with Crippen LogP contribution < -0.4 is 5.32 Å². The molecule has 24 heavy (non-hydrogen) atoms. The number of nitrogens with one attached hydrogen (secondary N) is 1. The van der Waals surface area contributed by atoms with Crippen molar-refractivity contribution in [2.45, 2.75) is 26.2 Å². The number of carbonyl (C=O) groups is 1. The smallest absolute Gasteiger partial charge is 0.280 e. The number of nitrogens with zero attached hydrogens (tertiary/aromatic N) is 3. The number of hydrogen-bond acceptors (Lipinski definition) is 4. The third kappa shape index (κ3) is 4.19. The van der Waals surface area contributed by atoms with E-state index in [2.05, 4.69) is 15.4 Å². The van der Waals surface area contributed by atoms with Crippen LogP contribution in [0.25, 0.3) is 5.65 Å². The first kappa shape index (κ1) is 18.1. The van der Waals surface area contributed by atoms with Gasteiger partial charge in [-0.15, -0.1) is 0 Å². The predicted molar refractivity (Wildman–Crippen MR) is 76.3 cm³/mol. The van der Waals surface area contributed by atoms with Crippen LogP contribution in [0.15, 0.2) is 12.1 Å². The molecule has 0 aliphatic heterocycles. The molecule has 0 aliphatic carbocycles. The van der Waals surface area contributed by atoms with Crippen LogP contribution in [0.2, 0.25) is 0 Å². The third-order valence-electron chi connectivity index (χ3n) is 3.11. The van der Waals surface area contributed by atoms with E-state index in [1.165, 1.54) is 0 Å². The van der Waals surface area contributed by atoms with Crippen molar-refractivity contribution in [3.63, 3.8) is 0 Å². The summed E-state index contributed by atoms with van der Waals surface area (Å²) in [6.07, 6.45) is -5.46. The predicted octanol–water partition coefficient (Wildman–Crippen LogP) is 2.76. The second kappa shape index (κ2) is 8.04. The van der Waals surface area contributed by atoms with Crippen molar-refractivity contribution in [1.82, 2.24) is 19.9 Å². The highest BCUT2D eigenvalue weighted by Crippen LogP contribution is 2.25. The van der Waals surface area contributed by atoms with E-state index in [4.69, 9.17) is 4.74 Å². The lowest BCUT2D eigenvalue weighted by molar-refractivity contribution is 0.0937. The molecule has 1 N–H and O–H groups in total. The Kier molecular flexibility index (Phi) is 6.07. The maximum absolute atomic E-state index is 13.0. The molecule has 2 rings (SSSR count). The van der Waals surface area contributed by atoms with Crippen LogP contribution in [0.3, 0.4) is 0 Å². The highest BCUT2D eigenvalue weighted by atomic mass is 19.3. The number of halogens is 4. The lowest BCUT2D eigenvalue weighted by atomic mass is 10.3. The molecule has 0 atom stereocenters. The summed E-state index contributed by atoms with van der Waals surface area (Å²) in [6.45, 7) is 3.19. The molecule has 0 aromatic carbocycles. The summed E-state index contributed by atoms with van der Waals surface area (Å²) in [6, 6.07) is 1.68. The molecule has 0 spiro atoms. The highest BCUT2D eigenvalue weighted by molar-refractivity contribution is 5.93. The number of aromatic nitrogens is 3. The van der Waals surface area contributed by atoms with E-state index in [-0.39, 0.29) is 11.3 Å². The quantitative estimate of drug-likeness (QED) is 0.588. The SMILES string of the molecule is CCOCCCNC(=O)c1cc2nc(C(F)F)cc(C(F)F)n2n1. The van der Waals surface area contributed by atoms with Crippen molar-refractivity contribution in [2.75, 3.05) is 19.8 Å². The Hall–Kier alpha value is -2.23. The topological polar surface area (TPSA) is 68.5 Å². The van der Waals surface area contributed by atoms with Crippen LogP contribution in [0.1, 0.15) is 48.1 Å². The van der Waals surface area contributed by atoms with E-state index >= 15 is 0 Å². The maximum atomic E-state index is 13.0. The summed E-state index contributed by atoms with van der Waals surface area (Å²) in [5, 5.41) is 6.28. The first-order valence-electron chi connectivity index (χ1n) is 7.27. The van der Waals surface area contributed by atoms with Crippen LogP contribution in [-0.4, -0.2) is 40.3 Å². The molecular weight excluding hydrogens is 332 g/mol. The van der Waals surface area contributed by atoms with Gasteiger partial charge in [0.05, 0.1) is 0 Å². The van der Waals surface area contributed by atoms with E-state index in [1.54, 1.807) is 0 Å². The molecule has 0 saturated carbocycles. The Balaban J connectivity index is 2.20. The van der Waals surface area contributed by atoms with Gasteiger partial charge >= 0.3 is 0 Å². The van der Waals surface area contributed by atoms with E-state index < -0.39 is 30.1 Å². The van der Waals surface area contributed by atoms with Crippen LogP contribution in [0.5, 0.6) is 0 Å². The van der Waals surface area contributed by atoms with Crippen LogP contribution >= 0.6 is 0 Å². The summed E-state index contributed by atoms with van der Waals surface area (Å²) >= 11 is 0. The fraction of sp³-hybridized carbons (Fsp3) is 0.500. The highest BCUT2D eigenvalue weighted by Gasteiger charge is 2.21. The zero-order chi connectivity index (χ0) is 17.7. The van der Waals surface area contributed by atoms with E-state index in [0.717, 1.165) is 6.07 Å². The lowest BCUT2D eigenvalue weighted by Gasteiger charge is -2.06. The Bertz CT molecular complexity index is 705. The van der Waals surface area contributed by atoms with Gasteiger partial charge in [0.25, 0.3) is 18.8 Å². The number of rotatable bonds is 8. The van der Waals surface area contributed by atoms with Gasteiger partial charge in [-0.2, -0.15) is 5.10 Å². The van der Waals surface area contributed by atoms with Gasteiger partial charge in [-0.25, -0.2) is 27.1 Å². The number of fused-ring (bicyclic) bond motifs is 1. The molecule has 10 heteroatoms. The second-order valence-corrected chi connectivity index (χ2v) is 4.81. The normalized spacial score (nSPS) is 11.6. The Morgan fingerprint density at radius 3 is 2.67 bits per heavy atom. The van der Waals surface area contributed by atoms with Gasteiger partial charge in [0.1, 0.15) is 11.4 Å². The first-order valence-corrected chi connectivity index (χ1v) is 7.27. The summed E-state index contributed by atoms with van der Waals surface area (Å²) in [5.41, 5.74) is -1.94. The van der Waals surface area contributed by atoms with Crippen molar-refractivity contribution in [3.05, 3.63) is 29.2 Å². The van der Waals surface area contributed by atoms with Crippen LogP contribution in [-0.2, 0) is 4.74 Å². The monoisotopic (exact) mass is 348 g/mol. The van der Waals surface area contributed by atoms with Gasteiger partial charge in [-0.05, 0) is 19.4 Å². The van der Waals surface area contributed by atoms with Gasteiger partial charge in [0.2, 0.25) is 0 Å². The number of hydrogen-bond donors (Lipinski definition) is 1. The number of ether oxygens (including phenoxy) is 1. The summed E-state index contributed by atoms with van der Waals surface area (Å²) in [5.74, 6) is -0.601. The average molecular weight is 348 g/mol. The van der Waals surface area contributed by atoms with Crippen LogP contribution in [0.4, 0.5) is 17.6 Å². The van der Waals surface area contributed by atoms with Gasteiger partial charge in [0.15, 0.2) is 11.3 Å². The average Bonchev–Trinajstić information content (AvgIpc) is 2.97. The minimum atomic E-state index is -3.03. The van der Waals surface area contributed by atoms with E-state index in [9.17, 15) is 22.4 Å². The molecule has 0 unspecified atom stereocenters. The Morgan fingerprint density at radius 2 is 2.04 bits per heavy atom. The molecule has 0 aliphatic rings. The standard InChI is InChI=1S/C14H16F4N4O2/c1-2-24-5-3-4-19-14(23)9-7-11-20-8(12(15)16)6-10(13(17)18)22(11)21-9/h6-7,12-13H,2-5H2,1H3,(H,19,23). The molecule has 0 saturated heterocycles. The molecule has 2 aromatic heterocycles. The largest absolute Gasteiger partial charge is 0.382 e. The zero-order valence-electron chi connectivity index (χ0n) is 12.8. The maximum Gasteiger partial charge on any atom is 0.280 e. The van der Waals surface area contributed by atoms with Crippen molar-refractivity contribution < 1.29 is 27.1 Å². The molecule has 132 valence electrons. The first-order chi connectivity index (χ1) is 11.4. The molecule has 0 bridgehead atoms.